The van der Waals surface area contributed by atoms with Gasteiger partial charge in [-0.15, -0.1) is 5.10 Å². The van der Waals surface area contributed by atoms with Crippen molar-refractivity contribution in [1.29, 1.82) is 0 Å². The fourth-order valence-electron chi connectivity index (χ4n) is 3.86. The maximum atomic E-state index is 13.2. The molecule has 0 bridgehead atoms. The van der Waals surface area contributed by atoms with E-state index >= 15 is 0 Å². The summed E-state index contributed by atoms with van der Waals surface area (Å²) < 4.78 is 1.77. The number of para-hydroxylation sites is 1. The smallest absolute Gasteiger partial charge is 0.297 e. The van der Waals surface area contributed by atoms with Gasteiger partial charge in [-0.25, -0.2) is 9.67 Å². The molecule has 1 aliphatic heterocycles. The first-order valence-electron chi connectivity index (χ1n) is 9.69. The van der Waals surface area contributed by atoms with Gasteiger partial charge in [-0.2, -0.15) is 0 Å². The van der Waals surface area contributed by atoms with Crippen LogP contribution in [0, 0.1) is 6.92 Å². The molecule has 0 fully saturated rings. The Kier molecular flexibility index (Phi) is 4.63. The molecule has 2 N–H and O–H groups in total. The summed E-state index contributed by atoms with van der Waals surface area (Å²) in [5.74, 6) is 1.07. The summed E-state index contributed by atoms with van der Waals surface area (Å²) in [5.41, 5.74) is 10.9. The molecule has 6 nitrogen and oxygen atoms in total. The molecule has 144 valence electrons. The third-order valence-corrected chi connectivity index (χ3v) is 5.28. The summed E-state index contributed by atoms with van der Waals surface area (Å²) in [6.07, 6.45) is 1.76. The Balaban J connectivity index is 1.73. The zero-order chi connectivity index (χ0) is 19.8. The van der Waals surface area contributed by atoms with E-state index < -0.39 is 0 Å². The lowest BCUT2D eigenvalue weighted by Crippen LogP contribution is -2.36. The molecular weight excluding hydrogens is 350 g/mol. The van der Waals surface area contributed by atoms with E-state index in [4.69, 9.17) is 5.73 Å². The number of hydrogen-bond donors (Lipinski definition) is 1. The number of aromatic nitrogens is 3. The van der Waals surface area contributed by atoms with E-state index in [1.54, 1.807) is 9.58 Å². The number of nitrogens with two attached hydrogens (primary N) is 1. The monoisotopic (exact) mass is 375 g/mol. The SMILES string of the molecule is Cc1nc(C(=O)N2CCCc3c(N)cccc32)nn1-c1ccccc1C(C)C. The van der Waals surface area contributed by atoms with Crippen molar-refractivity contribution in [2.45, 2.75) is 39.5 Å². The minimum absolute atomic E-state index is 0.185. The highest BCUT2D eigenvalue weighted by molar-refractivity contribution is 6.04. The van der Waals surface area contributed by atoms with Crippen molar-refractivity contribution in [2.75, 3.05) is 17.2 Å². The Morgan fingerprint density at radius 2 is 1.86 bits per heavy atom. The van der Waals surface area contributed by atoms with Crippen LogP contribution in [0.4, 0.5) is 11.4 Å². The van der Waals surface area contributed by atoms with Gasteiger partial charge in [-0.05, 0) is 55.0 Å². The topological polar surface area (TPSA) is 77.0 Å². The first-order valence-corrected chi connectivity index (χ1v) is 9.69. The quantitative estimate of drug-likeness (QED) is 0.705. The molecule has 6 heteroatoms. The van der Waals surface area contributed by atoms with Gasteiger partial charge in [0.25, 0.3) is 5.91 Å². The molecule has 4 rings (SSSR count). The second-order valence-electron chi connectivity index (χ2n) is 7.51. The van der Waals surface area contributed by atoms with E-state index in [0.29, 0.717) is 18.3 Å². The number of aryl methyl sites for hydroxylation is 1. The third-order valence-electron chi connectivity index (χ3n) is 5.28. The summed E-state index contributed by atoms with van der Waals surface area (Å²) in [4.78, 5) is 19.5. The van der Waals surface area contributed by atoms with Crippen molar-refractivity contribution in [3.8, 4) is 5.69 Å². The highest BCUT2D eigenvalue weighted by Gasteiger charge is 2.28. The Bertz CT molecular complexity index is 1040. The molecule has 0 atom stereocenters. The lowest BCUT2D eigenvalue weighted by atomic mass is 10.00. The fraction of sp³-hybridized carbons (Fsp3) is 0.318. The number of hydrogen-bond acceptors (Lipinski definition) is 4. The molecule has 1 aromatic heterocycles. The second kappa shape index (κ2) is 7.11. The van der Waals surface area contributed by atoms with E-state index in [0.717, 1.165) is 35.5 Å². The van der Waals surface area contributed by atoms with Crippen molar-refractivity contribution < 1.29 is 4.79 Å². The number of carbonyl (C=O) groups excluding carboxylic acids is 1. The minimum Gasteiger partial charge on any atom is -0.398 e. The number of anilines is 2. The molecule has 28 heavy (non-hydrogen) atoms. The van der Waals surface area contributed by atoms with Gasteiger partial charge in [-0.1, -0.05) is 38.1 Å². The largest absolute Gasteiger partial charge is 0.398 e. The minimum atomic E-state index is -0.185. The van der Waals surface area contributed by atoms with Crippen molar-refractivity contribution in [3.05, 3.63) is 65.2 Å². The highest BCUT2D eigenvalue weighted by atomic mass is 16.2. The molecule has 1 amide bonds. The van der Waals surface area contributed by atoms with E-state index in [2.05, 4.69) is 30.0 Å². The van der Waals surface area contributed by atoms with Gasteiger partial charge >= 0.3 is 0 Å². The number of nitrogen functional groups attached to an aromatic ring is 1. The van der Waals surface area contributed by atoms with Crippen LogP contribution in [0.1, 0.15) is 53.8 Å². The predicted octanol–water partition coefficient (Wildman–Crippen LogP) is 3.87. The Morgan fingerprint density at radius 1 is 1.11 bits per heavy atom. The van der Waals surface area contributed by atoms with Gasteiger partial charge in [0.15, 0.2) is 0 Å². The number of amides is 1. The van der Waals surface area contributed by atoms with Crippen LogP contribution in [-0.4, -0.2) is 27.2 Å². The van der Waals surface area contributed by atoms with Gasteiger partial charge in [-0.3, -0.25) is 4.79 Å². The number of nitrogens with zero attached hydrogens (tertiary/aromatic N) is 4. The summed E-state index contributed by atoms with van der Waals surface area (Å²) in [6.45, 7) is 6.81. The number of benzene rings is 2. The lowest BCUT2D eigenvalue weighted by Gasteiger charge is -2.29. The molecule has 3 aromatic rings. The summed E-state index contributed by atoms with van der Waals surface area (Å²) in [5, 5.41) is 4.58. The van der Waals surface area contributed by atoms with Gasteiger partial charge in [0, 0.05) is 17.9 Å². The van der Waals surface area contributed by atoms with E-state index in [1.165, 1.54) is 5.56 Å². The first kappa shape index (κ1) is 18.2. The molecule has 2 heterocycles. The Morgan fingerprint density at radius 3 is 2.64 bits per heavy atom. The number of fused-ring (bicyclic) bond motifs is 1. The van der Waals surface area contributed by atoms with Crippen molar-refractivity contribution in [1.82, 2.24) is 14.8 Å². The van der Waals surface area contributed by atoms with Crippen molar-refractivity contribution in [3.63, 3.8) is 0 Å². The van der Waals surface area contributed by atoms with Crippen LogP contribution in [0.5, 0.6) is 0 Å². The summed E-state index contributed by atoms with van der Waals surface area (Å²) in [6, 6.07) is 13.8. The summed E-state index contributed by atoms with van der Waals surface area (Å²) in [7, 11) is 0. The lowest BCUT2D eigenvalue weighted by molar-refractivity contribution is 0.0975. The molecule has 0 saturated heterocycles. The van der Waals surface area contributed by atoms with E-state index in [1.807, 2.05) is 43.3 Å². The van der Waals surface area contributed by atoms with Gasteiger partial charge in [0.2, 0.25) is 5.82 Å². The highest BCUT2D eigenvalue weighted by Crippen LogP contribution is 2.32. The van der Waals surface area contributed by atoms with Gasteiger partial charge < -0.3 is 10.6 Å². The molecule has 2 aromatic carbocycles. The maximum Gasteiger partial charge on any atom is 0.297 e. The zero-order valence-electron chi connectivity index (χ0n) is 16.5. The van der Waals surface area contributed by atoms with Crippen molar-refractivity contribution in [2.24, 2.45) is 0 Å². The van der Waals surface area contributed by atoms with Crippen LogP contribution in [-0.2, 0) is 6.42 Å². The molecule has 0 radical (unpaired) electrons. The van der Waals surface area contributed by atoms with Crippen molar-refractivity contribution >= 4 is 17.3 Å². The van der Waals surface area contributed by atoms with Crippen LogP contribution < -0.4 is 10.6 Å². The third kappa shape index (κ3) is 3.05. The van der Waals surface area contributed by atoms with Crippen LogP contribution in [0.25, 0.3) is 5.69 Å². The molecule has 0 unspecified atom stereocenters. The second-order valence-corrected chi connectivity index (χ2v) is 7.51. The van der Waals surface area contributed by atoms with Crippen LogP contribution in [0.2, 0.25) is 0 Å². The zero-order valence-corrected chi connectivity index (χ0v) is 16.5. The normalized spacial score (nSPS) is 13.6. The standard InChI is InChI=1S/C22H25N5O/c1-14(2)16-8-4-5-11-20(16)27-15(3)24-21(25-27)22(28)26-13-7-9-17-18(23)10-6-12-19(17)26/h4-6,8,10-12,14H,7,9,13,23H2,1-3H3. The van der Waals surface area contributed by atoms with Crippen LogP contribution in [0.3, 0.4) is 0 Å². The first-order chi connectivity index (χ1) is 13.5. The Hall–Kier alpha value is -3.15. The van der Waals surface area contributed by atoms with E-state index in [9.17, 15) is 4.79 Å². The Labute approximate surface area is 165 Å². The molecule has 1 aliphatic rings. The molecule has 0 saturated carbocycles. The maximum absolute atomic E-state index is 13.2. The average molecular weight is 375 g/mol. The molecule has 0 spiro atoms. The van der Waals surface area contributed by atoms with Gasteiger partial charge in [0.1, 0.15) is 5.82 Å². The molecule has 0 aliphatic carbocycles. The van der Waals surface area contributed by atoms with E-state index in [-0.39, 0.29) is 11.7 Å². The number of carbonyl (C=O) groups is 1. The predicted molar refractivity (Wildman–Crippen MR) is 111 cm³/mol. The fourth-order valence-corrected chi connectivity index (χ4v) is 3.86. The van der Waals surface area contributed by atoms with Gasteiger partial charge in [0.05, 0.1) is 5.69 Å². The molecular formula is C22H25N5O. The number of rotatable bonds is 3. The van der Waals surface area contributed by atoms with Crippen LogP contribution in [0.15, 0.2) is 42.5 Å². The average Bonchev–Trinajstić information content (AvgIpc) is 3.09. The van der Waals surface area contributed by atoms with Crippen LogP contribution >= 0.6 is 0 Å². The summed E-state index contributed by atoms with van der Waals surface area (Å²) >= 11 is 0.